The van der Waals surface area contributed by atoms with Crippen LogP contribution in [-0.2, 0) is 36.1 Å². The third-order valence-corrected chi connectivity index (χ3v) is 8.23. The van der Waals surface area contributed by atoms with Gasteiger partial charge in [-0.3, -0.25) is 13.6 Å². The molecule has 0 amide bonds. The molecule has 21 heteroatoms. The largest absolute Gasteiger partial charge is 0.492 e. The summed E-state index contributed by atoms with van der Waals surface area (Å²) in [6.07, 6.45) is -3.54. The van der Waals surface area contributed by atoms with E-state index in [1.54, 1.807) is 0 Å². The first kappa shape index (κ1) is 25.3. The van der Waals surface area contributed by atoms with Gasteiger partial charge >= 0.3 is 23.5 Å². The summed E-state index contributed by atoms with van der Waals surface area (Å²) in [5.41, 5.74) is 6.06. The van der Waals surface area contributed by atoms with Crippen molar-refractivity contribution in [2.75, 3.05) is 19.5 Å². The molecule has 0 saturated carbocycles. The number of phosphoric acid groups is 3. The van der Waals surface area contributed by atoms with Gasteiger partial charge in [0.1, 0.15) is 30.2 Å². The Labute approximate surface area is 178 Å². The lowest BCUT2D eigenvalue weighted by Crippen LogP contribution is -2.33. The summed E-state index contributed by atoms with van der Waals surface area (Å²) in [5, 5.41) is 20.5. The number of aliphatic hydroxyl groups excluding tert-OH is 2. The monoisotopic (exact) mass is 521 g/mol. The van der Waals surface area contributed by atoms with Gasteiger partial charge in [-0.25, -0.2) is 28.6 Å². The predicted molar refractivity (Wildman–Crippen MR) is 100 cm³/mol. The first-order chi connectivity index (χ1) is 14.8. The summed E-state index contributed by atoms with van der Waals surface area (Å²) < 4.78 is 58.0. The molecule has 1 fully saturated rings. The molecule has 2 aromatic heterocycles. The van der Waals surface area contributed by atoms with Gasteiger partial charge in [-0.1, -0.05) is 0 Å². The van der Waals surface area contributed by atoms with Gasteiger partial charge in [0.25, 0.3) is 0 Å². The normalized spacial score (nSPS) is 27.9. The van der Waals surface area contributed by atoms with E-state index in [1.165, 1.54) is 10.9 Å². The second-order valence-corrected chi connectivity index (χ2v) is 10.9. The molecule has 1 saturated heterocycles. The van der Waals surface area contributed by atoms with Crippen molar-refractivity contribution in [3.63, 3.8) is 0 Å². The summed E-state index contributed by atoms with van der Waals surface area (Å²) in [7, 11) is -15.3. The molecule has 32 heavy (non-hydrogen) atoms. The molecule has 3 unspecified atom stereocenters. The Balaban J connectivity index is 1.70. The van der Waals surface area contributed by atoms with E-state index >= 15 is 0 Å². The number of aromatic nitrogens is 4. The van der Waals surface area contributed by atoms with Gasteiger partial charge in [-0.05, 0) is 0 Å². The van der Waals surface area contributed by atoms with Gasteiger partial charge in [0.05, 0.1) is 12.9 Å². The summed E-state index contributed by atoms with van der Waals surface area (Å²) in [4.78, 5) is 38.8. The summed E-state index contributed by atoms with van der Waals surface area (Å²) in [5.74, 6) is 0.0557. The highest BCUT2D eigenvalue weighted by molar-refractivity contribution is 7.67. The fraction of sp³-hybridized carbons (Fsp3) is 0.545. The van der Waals surface area contributed by atoms with Crippen LogP contribution in [0.15, 0.2) is 12.7 Å². The SMILES string of the molecule is COP(=O)(OP(=O)(O)O)OP(=O)(O)OC[C@H]1O[C@@H](n2cnc3c(N)ncnc32)[C@@H](O)C1O. The molecule has 1 aliphatic heterocycles. The van der Waals surface area contributed by atoms with Crippen molar-refractivity contribution in [3.05, 3.63) is 12.7 Å². The Bertz CT molecular complexity index is 1120. The lowest BCUT2D eigenvalue weighted by atomic mass is 10.1. The van der Waals surface area contributed by atoms with Gasteiger partial charge < -0.3 is 35.4 Å². The van der Waals surface area contributed by atoms with Crippen molar-refractivity contribution in [2.24, 2.45) is 0 Å². The number of fused-ring (bicyclic) bond motifs is 1. The van der Waals surface area contributed by atoms with Crippen LogP contribution in [-0.4, -0.2) is 76.4 Å². The Morgan fingerprint density at radius 3 is 2.44 bits per heavy atom. The van der Waals surface area contributed by atoms with Crippen LogP contribution in [0.2, 0.25) is 0 Å². The number of nitrogen functional groups attached to an aromatic ring is 1. The number of nitrogens with zero attached hydrogens (tertiary/aromatic N) is 4. The fourth-order valence-corrected chi connectivity index (χ4v) is 6.18. The maximum atomic E-state index is 12.0. The molecule has 180 valence electrons. The lowest BCUT2D eigenvalue weighted by molar-refractivity contribution is -0.0503. The molecule has 0 bridgehead atoms. The van der Waals surface area contributed by atoms with Crippen LogP contribution in [0.1, 0.15) is 6.23 Å². The van der Waals surface area contributed by atoms with Crippen LogP contribution < -0.4 is 5.73 Å². The van der Waals surface area contributed by atoms with Crippen molar-refractivity contribution < 1.29 is 61.0 Å². The van der Waals surface area contributed by atoms with E-state index < -0.39 is 54.6 Å². The average Bonchev–Trinajstić information content (AvgIpc) is 3.21. The second kappa shape index (κ2) is 9.12. The number of aliphatic hydroxyl groups is 2. The number of phosphoric ester groups is 1. The number of hydrogen-bond acceptors (Lipinski definition) is 14. The molecule has 7 N–H and O–H groups in total. The first-order valence-electron chi connectivity index (χ1n) is 8.31. The van der Waals surface area contributed by atoms with Crippen LogP contribution in [0.25, 0.3) is 11.2 Å². The van der Waals surface area contributed by atoms with E-state index in [0.717, 1.165) is 6.33 Å². The molecule has 0 aliphatic carbocycles. The molecule has 0 aromatic carbocycles. The second-order valence-electron chi connectivity index (χ2n) is 6.18. The summed E-state index contributed by atoms with van der Waals surface area (Å²) in [6, 6.07) is 0. The minimum absolute atomic E-state index is 0.0557. The Kier molecular flexibility index (Phi) is 7.20. The van der Waals surface area contributed by atoms with E-state index in [1.807, 2.05) is 0 Å². The minimum atomic E-state index is -5.43. The zero-order valence-corrected chi connectivity index (χ0v) is 18.6. The molecule has 0 radical (unpaired) electrons. The standard InChI is InChI=1S/C11H18N5O13P3/c1-25-32(24,28-30(19,20)21)29-31(22,23)26-2-5-7(17)8(18)11(27-5)16-4-15-6-9(12)13-3-14-10(6)16/h3-5,7-8,11,17-18H,2H2,1H3,(H,22,23)(H2,12,13,14)(H2,19,20,21)/t5-,7?,8+,11-,32?/m1/s1. The molecule has 2 aromatic rings. The Morgan fingerprint density at radius 2 is 1.81 bits per heavy atom. The van der Waals surface area contributed by atoms with Crippen molar-refractivity contribution in [2.45, 2.75) is 24.5 Å². The van der Waals surface area contributed by atoms with Crippen LogP contribution >= 0.6 is 23.5 Å². The summed E-state index contributed by atoms with van der Waals surface area (Å²) >= 11 is 0. The van der Waals surface area contributed by atoms with Crippen molar-refractivity contribution >= 4 is 40.4 Å². The number of hydrogen-bond donors (Lipinski definition) is 6. The van der Waals surface area contributed by atoms with E-state index in [4.69, 9.17) is 20.3 Å². The maximum absolute atomic E-state index is 12.0. The number of imidazole rings is 1. The predicted octanol–water partition coefficient (Wildman–Crippen LogP) is -0.975. The van der Waals surface area contributed by atoms with Crippen LogP contribution in [0.5, 0.6) is 0 Å². The van der Waals surface area contributed by atoms with Gasteiger partial charge in [-0.15, -0.1) is 0 Å². The molecule has 3 rings (SSSR count). The Hall–Kier alpha value is -1.36. The highest BCUT2D eigenvalue weighted by Gasteiger charge is 2.47. The molecule has 1 aliphatic rings. The van der Waals surface area contributed by atoms with E-state index in [0.29, 0.717) is 7.11 Å². The number of nitrogens with two attached hydrogens (primary N) is 1. The third kappa shape index (κ3) is 5.58. The number of rotatable bonds is 9. The smallest absolute Gasteiger partial charge is 0.387 e. The van der Waals surface area contributed by atoms with Gasteiger partial charge in [-0.2, -0.15) is 8.62 Å². The maximum Gasteiger partial charge on any atom is 0.492 e. The topological polar surface area (TPSA) is 268 Å². The molecular weight excluding hydrogens is 503 g/mol. The Morgan fingerprint density at radius 1 is 1.12 bits per heavy atom. The number of ether oxygens (including phenoxy) is 1. The van der Waals surface area contributed by atoms with E-state index in [2.05, 4.69) is 32.6 Å². The lowest BCUT2D eigenvalue weighted by Gasteiger charge is -2.20. The molecule has 0 spiro atoms. The van der Waals surface area contributed by atoms with Crippen LogP contribution in [0.3, 0.4) is 0 Å². The highest BCUT2D eigenvalue weighted by atomic mass is 31.3. The van der Waals surface area contributed by atoms with E-state index in [-0.39, 0.29) is 17.0 Å². The van der Waals surface area contributed by atoms with Crippen molar-refractivity contribution in [1.29, 1.82) is 0 Å². The fourth-order valence-electron chi connectivity index (χ4n) is 2.68. The van der Waals surface area contributed by atoms with Crippen LogP contribution in [0.4, 0.5) is 5.82 Å². The van der Waals surface area contributed by atoms with Gasteiger partial charge in [0, 0.05) is 7.11 Å². The van der Waals surface area contributed by atoms with Crippen LogP contribution in [0, 0.1) is 0 Å². The minimum Gasteiger partial charge on any atom is -0.387 e. The highest BCUT2D eigenvalue weighted by Crippen LogP contribution is 2.68. The molecular formula is C11H18N5O13P3. The molecule has 6 atom stereocenters. The van der Waals surface area contributed by atoms with Crippen molar-refractivity contribution in [3.8, 4) is 0 Å². The molecule has 18 nitrogen and oxygen atoms in total. The quantitative estimate of drug-likeness (QED) is 0.216. The number of anilines is 1. The average molecular weight is 521 g/mol. The molecule has 3 heterocycles. The van der Waals surface area contributed by atoms with Crippen molar-refractivity contribution in [1.82, 2.24) is 19.5 Å². The van der Waals surface area contributed by atoms with Gasteiger partial charge in [0.15, 0.2) is 17.7 Å². The zero-order valence-electron chi connectivity index (χ0n) is 15.9. The van der Waals surface area contributed by atoms with E-state index in [9.17, 15) is 28.8 Å². The van der Waals surface area contributed by atoms with Gasteiger partial charge in [0.2, 0.25) is 0 Å². The first-order valence-corrected chi connectivity index (χ1v) is 12.8. The summed E-state index contributed by atoms with van der Waals surface area (Å²) in [6.45, 7) is -0.897. The third-order valence-electron chi connectivity index (χ3n) is 4.03. The zero-order chi connectivity index (χ0) is 23.9.